The summed E-state index contributed by atoms with van der Waals surface area (Å²) < 4.78 is 52.0. The highest BCUT2D eigenvalue weighted by Crippen LogP contribution is 2.26. The van der Waals surface area contributed by atoms with E-state index in [1.807, 2.05) is 5.32 Å². The van der Waals surface area contributed by atoms with Gasteiger partial charge in [0.05, 0.1) is 5.69 Å². The van der Waals surface area contributed by atoms with Crippen LogP contribution in [0, 0.1) is 11.7 Å². The van der Waals surface area contributed by atoms with Gasteiger partial charge in [0.2, 0.25) is 5.91 Å². The highest BCUT2D eigenvalue weighted by atomic mass is 19.4. The van der Waals surface area contributed by atoms with Gasteiger partial charge in [-0.3, -0.25) is 4.79 Å². The lowest BCUT2D eigenvalue weighted by Gasteiger charge is -2.25. The van der Waals surface area contributed by atoms with Crippen LogP contribution in [0.5, 0.6) is 0 Å². The van der Waals surface area contributed by atoms with Gasteiger partial charge >= 0.3 is 12.2 Å². The number of carbonyl (C=O) groups is 2. The van der Waals surface area contributed by atoms with Gasteiger partial charge in [-0.1, -0.05) is 13.8 Å². The van der Waals surface area contributed by atoms with Crippen LogP contribution in [-0.4, -0.2) is 24.2 Å². The molecule has 1 aromatic carbocycles. The summed E-state index contributed by atoms with van der Waals surface area (Å²) in [6.45, 7) is 3.84. The van der Waals surface area contributed by atoms with Gasteiger partial charge in [0.15, 0.2) is 0 Å². The molecule has 0 unspecified atom stereocenters. The second kappa shape index (κ2) is 7.30. The van der Waals surface area contributed by atoms with Gasteiger partial charge in [-0.15, -0.1) is 0 Å². The standard InChI is InChI=1S/C14H17F4N3O2/c1-7(2)12(14(16,17)18)21-13(23)20-11-6-9(19-8(3)22)4-5-10(11)15/h4-7,12H,1-3H3,(H,19,22)(H2,20,21,23)/t12-/m1/s1. The summed E-state index contributed by atoms with van der Waals surface area (Å²) >= 11 is 0. The molecule has 0 heterocycles. The molecule has 1 aromatic rings. The van der Waals surface area contributed by atoms with Gasteiger partial charge in [-0.2, -0.15) is 13.2 Å². The van der Waals surface area contributed by atoms with Gasteiger partial charge in [0.25, 0.3) is 0 Å². The molecule has 0 aliphatic carbocycles. The molecule has 0 aliphatic heterocycles. The molecule has 0 radical (unpaired) electrons. The molecule has 0 saturated heterocycles. The second-order valence-corrected chi connectivity index (χ2v) is 5.24. The third kappa shape index (κ3) is 5.76. The topological polar surface area (TPSA) is 70.2 Å². The molecule has 0 bridgehead atoms. The highest BCUT2D eigenvalue weighted by Gasteiger charge is 2.42. The molecule has 3 N–H and O–H groups in total. The fourth-order valence-corrected chi connectivity index (χ4v) is 1.83. The van der Waals surface area contributed by atoms with E-state index in [2.05, 4.69) is 5.32 Å². The second-order valence-electron chi connectivity index (χ2n) is 5.24. The fraction of sp³-hybridized carbons (Fsp3) is 0.429. The molecule has 23 heavy (non-hydrogen) atoms. The zero-order valence-corrected chi connectivity index (χ0v) is 12.7. The predicted octanol–water partition coefficient (Wildman–Crippen LogP) is 3.49. The van der Waals surface area contributed by atoms with Crippen molar-refractivity contribution in [3.8, 4) is 0 Å². The average molecular weight is 335 g/mol. The quantitative estimate of drug-likeness (QED) is 0.737. The Morgan fingerprint density at radius 1 is 1.13 bits per heavy atom. The predicted molar refractivity (Wildman–Crippen MR) is 77.5 cm³/mol. The third-order valence-corrected chi connectivity index (χ3v) is 2.84. The Morgan fingerprint density at radius 2 is 1.74 bits per heavy atom. The Labute approximate surface area is 130 Å². The molecule has 0 spiro atoms. The Balaban J connectivity index is 2.86. The zero-order valence-electron chi connectivity index (χ0n) is 12.7. The molecule has 0 aromatic heterocycles. The minimum Gasteiger partial charge on any atom is -0.326 e. The number of alkyl halides is 3. The number of hydrogen-bond acceptors (Lipinski definition) is 2. The lowest BCUT2D eigenvalue weighted by molar-refractivity contribution is -0.162. The van der Waals surface area contributed by atoms with Crippen molar-refractivity contribution in [2.75, 3.05) is 10.6 Å². The van der Waals surface area contributed by atoms with Crippen molar-refractivity contribution < 1.29 is 27.2 Å². The summed E-state index contributed by atoms with van der Waals surface area (Å²) in [4.78, 5) is 22.6. The fourth-order valence-electron chi connectivity index (χ4n) is 1.83. The summed E-state index contributed by atoms with van der Waals surface area (Å²) in [6.07, 6.45) is -4.62. The van der Waals surface area contributed by atoms with Gasteiger partial charge in [-0.25, -0.2) is 9.18 Å². The number of anilines is 2. The van der Waals surface area contributed by atoms with Crippen LogP contribution in [0.4, 0.5) is 33.7 Å². The average Bonchev–Trinajstić information content (AvgIpc) is 2.37. The number of hydrogen-bond donors (Lipinski definition) is 3. The molecular formula is C14H17F4N3O2. The molecule has 0 saturated carbocycles. The molecule has 0 fully saturated rings. The molecule has 9 heteroatoms. The summed E-state index contributed by atoms with van der Waals surface area (Å²) in [5.41, 5.74) is -0.149. The SMILES string of the molecule is CC(=O)Nc1ccc(F)c(NC(=O)N[C@H](C(C)C)C(F)(F)F)c1. The van der Waals surface area contributed by atoms with E-state index in [9.17, 15) is 27.2 Å². The van der Waals surface area contributed by atoms with Gasteiger partial charge in [0.1, 0.15) is 11.9 Å². The lowest BCUT2D eigenvalue weighted by atomic mass is 10.0. The maximum atomic E-state index is 13.6. The minimum atomic E-state index is -4.62. The van der Waals surface area contributed by atoms with Crippen LogP contribution in [0.2, 0.25) is 0 Å². The Morgan fingerprint density at radius 3 is 2.22 bits per heavy atom. The summed E-state index contributed by atoms with van der Waals surface area (Å²) in [6, 6.07) is 0.0784. The third-order valence-electron chi connectivity index (χ3n) is 2.84. The molecular weight excluding hydrogens is 318 g/mol. The van der Waals surface area contributed by atoms with Gasteiger partial charge in [0, 0.05) is 12.6 Å². The van der Waals surface area contributed by atoms with Crippen molar-refractivity contribution in [2.45, 2.75) is 33.0 Å². The van der Waals surface area contributed by atoms with E-state index in [1.165, 1.54) is 26.8 Å². The van der Waals surface area contributed by atoms with Crippen molar-refractivity contribution in [3.05, 3.63) is 24.0 Å². The van der Waals surface area contributed by atoms with Crippen LogP contribution in [0.3, 0.4) is 0 Å². The van der Waals surface area contributed by atoms with Crippen molar-refractivity contribution in [2.24, 2.45) is 5.92 Å². The van der Waals surface area contributed by atoms with Crippen LogP contribution in [0.1, 0.15) is 20.8 Å². The first kappa shape index (κ1) is 18.7. The van der Waals surface area contributed by atoms with E-state index in [0.29, 0.717) is 0 Å². The number of rotatable bonds is 4. The smallest absolute Gasteiger partial charge is 0.326 e. The normalized spacial score (nSPS) is 12.7. The van der Waals surface area contributed by atoms with E-state index < -0.39 is 35.9 Å². The van der Waals surface area contributed by atoms with E-state index in [4.69, 9.17) is 0 Å². The Bertz CT molecular complexity index is 588. The number of nitrogens with one attached hydrogen (secondary N) is 3. The Kier molecular flexibility index (Phi) is 5.94. The van der Waals surface area contributed by atoms with Gasteiger partial charge in [-0.05, 0) is 24.1 Å². The van der Waals surface area contributed by atoms with Crippen molar-refractivity contribution in [3.63, 3.8) is 0 Å². The first-order valence-electron chi connectivity index (χ1n) is 6.72. The van der Waals surface area contributed by atoms with Crippen LogP contribution < -0.4 is 16.0 Å². The summed E-state index contributed by atoms with van der Waals surface area (Å²) in [5, 5.41) is 6.14. The van der Waals surface area contributed by atoms with E-state index >= 15 is 0 Å². The Hall–Kier alpha value is -2.32. The molecule has 128 valence electrons. The number of halogens is 4. The molecule has 3 amide bonds. The molecule has 1 atom stereocenters. The van der Waals surface area contributed by atoms with Crippen LogP contribution >= 0.6 is 0 Å². The van der Waals surface area contributed by atoms with Crippen LogP contribution in [0.15, 0.2) is 18.2 Å². The monoisotopic (exact) mass is 335 g/mol. The summed E-state index contributed by atoms with van der Waals surface area (Å²) in [5.74, 6) is -2.15. The van der Waals surface area contributed by atoms with E-state index in [0.717, 1.165) is 12.1 Å². The maximum Gasteiger partial charge on any atom is 0.408 e. The highest BCUT2D eigenvalue weighted by molar-refractivity contribution is 5.92. The largest absolute Gasteiger partial charge is 0.408 e. The molecule has 1 rings (SSSR count). The molecule has 5 nitrogen and oxygen atoms in total. The van der Waals surface area contributed by atoms with E-state index in [-0.39, 0.29) is 11.4 Å². The van der Waals surface area contributed by atoms with Crippen LogP contribution in [-0.2, 0) is 4.79 Å². The van der Waals surface area contributed by atoms with E-state index in [1.54, 1.807) is 5.32 Å². The number of amides is 3. The lowest BCUT2D eigenvalue weighted by Crippen LogP contribution is -2.50. The first-order chi connectivity index (χ1) is 10.5. The number of carbonyl (C=O) groups excluding carboxylic acids is 2. The van der Waals surface area contributed by atoms with Crippen molar-refractivity contribution in [1.82, 2.24) is 5.32 Å². The maximum absolute atomic E-state index is 13.6. The first-order valence-corrected chi connectivity index (χ1v) is 6.72. The zero-order chi connectivity index (χ0) is 17.8. The van der Waals surface area contributed by atoms with Gasteiger partial charge < -0.3 is 16.0 Å². The summed E-state index contributed by atoms with van der Waals surface area (Å²) in [7, 11) is 0. The molecule has 0 aliphatic rings. The van der Waals surface area contributed by atoms with Crippen LogP contribution in [0.25, 0.3) is 0 Å². The number of benzene rings is 1. The number of urea groups is 1. The van der Waals surface area contributed by atoms with Crippen molar-refractivity contribution in [1.29, 1.82) is 0 Å². The minimum absolute atomic E-state index is 0.199. The van der Waals surface area contributed by atoms with Crippen molar-refractivity contribution >= 4 is 23.3 Å².